The third-order valence-corrected chi connectivity index (χ3v) is 4.34. The molecule has 3 rings (SSSR count). The molecule has 1 aromatic rings. The molecule has 2 aliphatic rings. The topological polar surface area (TPSA) is 37.4 Å². The quantitative estimate of drug-likeness (QED) is 0.713. The number of hydrogen-bond donors (Lipinski definition) is 0. The van der Waals surface area contributed by atoms with Crippen molar-refractivity contribution in [1.82, 2.24) is 4.90 Å². The summed E-state index contributed by atoms with van der Waals surface area (Å²) < 4.78 is 0. The molecule has 0 saturated carbocycles. The molecule has 1 aliphatic carbocycles. The largest absolute Gasteiger partial charge is 0.342 e. The number of amides is 1. The van der Waals surface area contributed by atoms with E-state index in [0.29, 0.717) is 6.42 Å². The number of carbonyl (C=O) groups is 2. The number of ketones is 1. The van der Waals surface area contributed by atoms with Crippen LogP contribution in [0, 0.1) is 0 Å². The molecule has 1 spiro atoms. The number of carbonyl (C=O) groups excluding carboxylic acids is 2. The van der Waals surface area contributed by atoms with Crippen molar-refractivity contribution >= 4 is 11.7 Å². The van der Waals surface area contributed by atoms with Gasteiger partial charge in [-0.3, -0.25) is 9.59 Å². The lowest BCUT2D eigenvalue weighted by Crippen LogP contribution is -2.30. The Morgan fingerprint density at radius 3 is 2.68 bits per heavy atom. The summed E-state index contributed by atoms with van der Waals surface area (Å²) in [6.45, 7) is 0.728. The van der Waals surface area contributed by atoms with Gasteiger partial charge in [-0.25, -0.2) is 0 Å². The van der Waals surface area contributed by atoms with Crippen LogP contribution in [0.2, 0.25) is 0 Å². The maximum atomic E-state index is 12.4. The van der Waals surface area contributed by atoms with Gasteiger partial charge in [0.05, 0.1) is 0 Å². The smallest absolute Gasteiger partial charge is 0.253 e. The van der Waals surface area contributed by atoms with Gasteiger partial charge in [-0.1, -0.05) is 24.3 Å². The molecular formula is C16H17NO2. The van der Waals surface area contributed by atoms with Crippen molar-refractivity contribution in [1.29, 1.82) is 0 Å². The summed E-state index contributed by atoms with van der Waals surface area (Å²) in [6, 6.07) is 7.81. The minimum atomic E-state index is -0.148. The van der Waals surface area contributed by atoms with Gasteiger partial charge in [-0.2, -0.15) is 0 Å². The van der Waals surface area contributed by atoms with Crippen LogP contribution in [0.5, 0.6) is 0 Å². The van der Waals surface area contributed by atoms with Crippen molar-refractivity contribution in [2.75, 3.05) is 13.6 Å². The lowest BCUT2D eigenvalue weighted by atomic mass is 9.70. The molecule has 0 fully saturated rings. The van der Waals surface area contributed by atoms with Gasteiger partial charge >= 0.3 is 0 Å². The molecule has 0 saturated heterocycles. The fourth-order valence-corrected chi connectivity index (χ4v) is 3.11. The van der Waals surface area contributed by atoms with Crippen molar-refractivity contribution < 1.29 is 9.59 Å². The SMILES string of the molecule is CN1CCC2(C=CC(=O)CC2)c2ccccc2C1=O. The number of hydrogen-bond acceptors (Lipinski definition) is 2. The fraction of sp³-hybridized carbons (Fsp3) is 0.375. The molecular weight excluding hydrogens is 238 g/mol. The third-order valence-electron chi connectivity index (χ3n) is 4.34. The zero-order chi connectivity index (χ0) is 13.5. The van der Waals surface area contributed by atoms with Gasteiger partial charge in [0.15, 0.2) is 5.78 Å². The van der Waals surface area contributed by atoms with Crippen molar-refractivity contribution in [3.63, 3.8) is 0 Å². The molecule has 1 amide bonds. The van der Waals surface area contributed by atoms with E-state index in [1.165, 1.54) is 0 Å². The molecule has 19 heavy (non-hydrogen) atoms. The van der Waals surface area contributed by atoms with E-state index >= 15 is 0 Å². The second-order valence-electron chi connectivity index (χ2n) is 5.48. The van der Waals surface area contributed by atoms with Crippen molar-refractivity contribution in [3.05, 3.63) is 47.5 Å². The highest BCUT2D eigenvalue weighted by Crippen LogP contribution is 2.41. The highest BCUT2D eigenvalue weighted by Gasteiger charge is 2.38. The Morgan fingerprint density at radius 2 is 1.95 bits per heavy atom. The summed E-state index contributed by atoms with van der Waals surface area (Å²) in [5, 5.41) is 0. The average Bonchev–Trinajstić information content (AvgIpc) is 2.54. The van der Waals surface area contributed by atoms with E-state index < -0.39 is 0 Å². The molecule has 1 heterocycles. The Hall–Kier alpha value is -1.90. The molecule has 1 unspecified atom stereocenters. The number of fused-ring (bicyclic) bond motifs is 2. The molecule has 0 radical (unpaired) electrons. The average molecular weight is 255 g/mol. The zero-order valence-corrected chi connectivity index (χ0v) is 11.1. The van der Waals surface area contributed by atoms with Gasteiger partial charge < -0.3 is 4.90 Å². The Balaban J connectivity index is 2.17. The van der Waals surface area contributed by atoms with E-state index in [0.717, 1.165) is 30.5 Å². The van der Waals surface area contributed by atoms with Crippen LogP contribution in [0.25, 0.3) is 0 Å². The van der Waals surface area contributed by atoms with Crippen LogP contribution >= 0.6 is 0 Å². The zero-order valence-electron chi connectivity index (χ0n) is 11.1. The Kier molecular flexibility index (Phi) is 2.77. The second kappa shape index (κ2) is 4.34. The van der Waals surface area contributed by atoms with Crippen LogP contribution in [0.1, 0.15) is 35.2 Å². The first-order valence-electron chi connectivity index (χ1n) is 6.69. The highest BCUT2D eigenvalue weighted by molar-refractivity contribution is 5.97. The summed E-state index contributed by atoms with van der Waals surface area (Å²) in [5.74, 6) is 0.268. The molecule has 0 N–H and O–H groups in total. The molecule has 3 nitrogen and oxygen atoms in total. The summed E-state index contributed by atoms with van der Waals surface area (Å²) in [5.41, 5.74) is 1.71. The van der Waals surface area contributed by atoms with E-state index in [4.69, 9.17) is 0 Å². The van der Waals surface area contributed by atoms with Crippen molar-refractivity contribution in [2.45, 2.75) is 24.7 Å². The summed E-state index contributed by atoms with van der Waals surface area (Å²) >= 11 is 0. The monoisotopic (exact) mass is 255 g/mol. The minimum Gasteiger partial charge on any atom is -0.342 e. The van der Waals surface area contributed by atoms with Crippen molar-refractivity contribution in [2.24, 2.45) is 0 Å². The van der Waals surface area contributed by atoms with E-state index in [1.807, 2.05) is 37.4 Å². The molecule has 0 bridgehead atoms. The lowest BCUT2D eigenvalue weighted by Gasteiger charge is -2.33. The molecule has 1 aliphatic heterocycles. The summed E-state index contributed by atoms with van der Waals surface area (Å²) in [4.78, 5) is 25.6. The van der Waals surface area contributed by atoms with E-state index in [-0.39, 0.29) is 17.1 Å². The number of rotatable bonds is 0. The van der Waals surface area contributed by atoms with Gasteiger partial charge in [0.25, 0.3) is 5.91 Å². The van der Waals surface area contributed by atoms with Gasteiger partial charge in [0, 0.05) is 31.0 Å². The third kappa shape index (κ3) is 1.89. The molecule has 1 atom stereocenters. The predicted molar refractivity (Wildman–Crippen MR) is 73.1 cm³/mol. The molecule has 1 aromatic carbocycles. The van der Waals surface area contributed by atoms with E-state index in [9.17, 15) is 9.59 Å². The van der Waals surface area contributed by atoms with E-state index in [1.54, 1.807) is 11.0 Å². The van der Waals surface area contributed by atoms with Crippen LogP contribution in [0.3, 0.4) is 0 Å². The van der Waals surface area contributed by atoms with Gasteiger partial charge in [0.1, 0.15) is 0 Å². The van der Waals surface area contributed by atoms with Crippen LogP contribution in [-0.4, -0.2) is 30.2 Å². The van der Waals surface area contributed by atoms with Crippen LogP contribution in [-0.2, 0) is 10.2 Å². The maximum Gasteiger partial charge on any atom is 0.253 e. The predicted octanol–water partition coefficient (Wildman–Crippen LogP) is 2.32. The number of benzene rings is 1. The van der Waals surface area contributed by atoms with Crippen molar-refractivity contribution in [3.8, 4) is 0 Å². The first-order valence-corrected chi connectivity index (χ1v) is 6.69. The Bertz CT molecular complexity index is 576. The molecule has 3 heteroatoms. The first kappa shape index (κ1) is 12.2. The Labute approximate surface area is 112 Å². The summed E-state index contributed by atoms with van der Waals surface area (Å²) in [6.07, 6.45) is 5.97. The Morgan fingerprint density at radius 1 is 1.16 bits per heavy atom. The highest BCUT2D eigenvalue weighted by atomic mass is 16.2. The van der Waals surface area contributed by atoms with Gasteiger partial charge in [-0.05, 0) is 30.5 Å². The van der Waals surface area contributed by atoms with Gasteiger partial charge in [-0.15, -0.1) is 0 Å². The van der Waals surface area contributed by atoms with Crippen LogP contribution < -0.4 is 0 Å². The van der Waals surface area contributed by atoms with Crippen LogP contribution in [0.4, 0.5) is 0 Å². The molecule has 0 aromatic heterocycles. The van der Waals surface area contributed by atoms with E-state index in [2.05, 4.69) is 0 Å². The molecule has 98 valence electrons. The van der Waals surface area contributed by atoms with Crippen LogP contribution in [0.15, 0.2) is 36.4 Å². The first-order chi connectivity index (χ1) is 9.12. The van der Waals surface area contributed by atoms with Gasteiger partial charge in [0.2, 0.25) is 0 Å². The second-order valence-corrected chi connectivity index (χ2v) is 5.48. The lowest BCUT2D eigenvalue weighted by molar-refractivity contribution is -0.115. The number of nitrogens with zero attached hydrogens (tertiary/aromatic N) is 1. The maximum absolute atomic E-state index is 12.4. The fourth-order valence-electron chi connectivity index (χ4n) is 3.11. The number of allylic oxidation sites excluding steroid dienone is 2. The standard InChI is InChI=1S/C16H17NO2/c1-17-11-10-16(8-6-12(18)7-9-16)14-5-3-2-4-13(14)15(17)19/h2-6,8H,7,9-11H2,1H3. The minimum absolute atomic E-state index is 0.0813. The normalized spacial score (nSPS) is 26.5. The summed E-state index contributed by atoms with van der Waals surface area (Å²) in [7, 11) is 1.84.